The second-order valence-corrected chi connectivity index (χ2v) is 4.87. The maximum absolute atomic E-state index is 12.8. The van der Waals surface area contributed by atoms with Gasteiger partial charge in [0.1, 0.15) is 5.76 Å². The highest BCUT2D eigenvalue weighted by atomic mass is 19.4. The quantitative estimate of drug-likeness (QED) is 0.497. The third-order valence-corrected chi connectivity index (χ3v) is 3.27. The molecule has 0 unspecified atom stereocenters. The predicted octanol–water partition coefficient (Wildman–Crippen LogP) is 3.29. The molecule has 1 heterocycles. The van der Waals surface area contributed by atoms with Gasteiger partial charge < -0.3 is 19.6 Å². The number of hydrogen-bond acceptors (Lipinski definition) is 4. The van der Waals surface area contributed by atoms with Gasteiger partial charge in [-0.05, 0) is 24.3 Å². The molecule has 0 spiro atoms. The minimum absolute atomic E-state index is 0.104. The number of benzene rings is 1. The normalized spacial score (nSPS) is 12.8. The topological polar surface area (TPSA) is 70.0 Å². The molecule has 8 heteroatoms. The van der Waals surface area contributed by atoms with E-state index in [1.54, 1.807) is 6.07 Å². The molecule has 24 heavy (non-hydrogen) atoms. The van der Waals surface area contributed by atoms with Crippen LogP contribution in [0.25, 0.3) is 11.3 Å². The number of aliphatic imine (C=N–C) groups is 1. The Balaban J connectivity index is 2.20. The van der Waals surface area contributed by atoms with Gasteiger partial charge in [-0.1, -0.05) is 12.1 Å². The molecule has 0 saturated carbocycles. The van der Waals surface area contributed by atoms with Crippen LogP contribution in [0.1, 0.15) is 11.3 Å². The van der Waals surface area contributed by atoms with E-state index in [4.69, 9.17) is 19.6 Å². The van der Waals surface area contributed by atoms with Crippen molar-refractivity contribution in [1.29, 1.82) is 0 Å². The molecule has 2 N–H and O–H groups in total. The third kappa shape index (κ3) is 4.36. The molecule has 5 nitrogen and oxygen atoms in total. The van der Waals surface area contributed by atoms with Crippen LogP contribution in [0.4, 0.5) is 13.2 Å². The SMILES string of the molecule is COC(CN=C(N)c1ccc(-c2cccc(C(F)(F)F)c2)o1)OC. The number of nitrogens with zero attached hydrogens (tertiary/aromatic N) is 1. The molecule has 0 aliphatic heterocycles. The van der Waals surface area contributed by atoms with E-state index in [2.05, 4.69) is 4.99 Å². The van der Waals surface area contributed by atoms with Gasteiger partial charge in [-0.3, -0.25) is 4.99 Å². The number of alkyl halides is 3. The minimum atomic E-state index is -4.42. The van der Waals surface area contributed by atoms with E-state index < -0.39 is 18.0 Å². The minimum Gasteiger partial charge on any atom is -0.453 e. The number of amidine groups is 1. The van der Waals surface area contributed by atoms with Crippen LogP contribution in [0.5, 0.6) is 0 Å². The Hall–Kier alpha value is -2.32. The van der Waals surface area contributed by atoms with Crippen molar-refractivity contribution in [2.24, 2.45) is 10.7 Å². The molecule has 130 valence electrons. The number of ether oxygens (including phenoxy) is 2. The Labute approximate surface area is 136 Å². The van der Waals surface area contributed by atoms with Crippen LogP contribution >= 0.6 is 0 Å². The Kier molecular flexibility index (Phi) is 5.63. The van der Waals surface area contributed by atoms with Crippen molar-refractivity contribution in [3.05, 3.63) is 47.7 Å². The lowest BCUT2D eigenvalue weighted by Crippen LogP contribution is -2.20. The standard InChI is InChI=1S/C16H17F3N2O3/c1-22-14(23-2)9-21-15(20)13-7-6-12(24-13)10-4-3-5-11(8-10)16(17,18)19/h3-8,14H,9H2,1-2H3,(H2,20,21). The van der Waals surface area contributed by atoms with E-state index >= 15 is 0 Å². The molecule has 0 aliphatic carbocycles. The van der Waals surface area contributed by atoms with Gasteiger partial charge in [-0.2, -0.15) is 13.2 Å². The number of hydrogen-bond donors (Lipinski definition) is 1. The summed E-state index contributed by atoms with van der Waals surface area (Å²) in [6.45, 7) is 0.165. The summed E-state index contributed by atoms with van der Waals surface area (Å²) in [5.74, 6) is 0.630. The molecule has 0 bridgehead atoms. The average Bonchev–Trinajstić information content (AvgIpc) is 3.05. The van der Waals surface area contributed by atoms with Crippen molar-refractivity contribution < 1.29 is 27.1 Å². The summed E-state index contributed by atoms with van der Waals surface area (Å²) < 4.78 is 53.8. The van der Waals surface area contributed by atoms with Gasteiger partial charge >= 0.3 is 6.18 Å². The van der Waals surface area contributed by atoms with E-state index in [1.807, 2.05) is 0 Å². The molecule has 1 aromatic carbocycles. The largest absolute Gasteiger partial charge is 0.453 e. The summed E-state index contributed by atoms with van der Waals surface area (Å²) in [6, 6.07) is 7.94. The van der Waals surface area contributed by atoms with Crippen LogP contribution in [0.3, 0.4) is 0 Å². The predicted molar refractivity (Wildman–Crippen MR) is 82.5 cm³/mol. The van der Waals surface area contributed by atoms with Gasteiger partial charge in [0.15, 0.2) is 17.9 Å². The highest BCUT2D eigenvalue weighted by Gasteiger charge is 2.30. The molecular weight excluding hydrogens is 325 g/mol. The Morgan fingerprint density at radius 2 is 1.92 bits per heavy atom. The lowest BCUT2D eigenvalue weighted by molar-refractivity contribution is -0.137. The molecule has 0 radical (unpaired) electrons. The molecule has 0 fully saturated rings. The molecule has 0 aliphatic rings. The third-order valence-electron chi connectivity index (χ3n) is 3.27. The maximum Gasteiger partial charge on any atom is 0.416 e. The second kappa shape index (κ2) is 7.50. The summed E-state index contributed by atoms with van der Waals surface area (Å²) >= 11 is 0. The first-order valence-electron chi connectivity index (χ1n) is 6.98. The van der Waals surface area contributed by atoms with E-state index in [1.165, 1.54) is 32.4 Å². The van der Waals surface area contributed by atoms with Gasteiger partial charge in [0.2, 0.25) is 0 Å². The van der Waals surface area contributed by atoms with Crippen LogP contribution in [-0.4, -0.2) is 32.9 Å². The van der Waals surface area contributed by atoms with Crippen LogP contribution in [0, 0.1) is 0 Å². The monoisotopic (exact) mass is 342 g/mol. The van der Waals surface area contributed by atoms with Crippen molar-refractivity contribution in [2.75, 3.05) is 20.8 Å². The Bertz CT molecular complexity index is 707. The summed E-state index contributed by atoms with van der Waals surface area (Å²) in [4.78, 5) is 4.07. The van der Waals surface area contributed by atoms with E-state index in [0.29, 0.717) is 5.56 Å². The van der Waals surface area contributed by atoms with Crippen molar-refractivity contribution in [3.8, 4) is 11.3 Å². The van der Waals surface area contributed by atoms with Crippen molar-refractivity contribution in [2.45, 2.75) is 12.5 Å². The smallest absolute Gasteiger partial charge is 0.416 e. The van der Waals surface area contributed by atoms with Gasteiger partial charge in [-0.15, -0.1) is 0 Å². The first-order valence-corrected chi connectivity index (χ1v) is 6.98. The molecular formula is C16H17F3N2O3. The second-order valence-electron chi connectivity index (χ2n) is 4.87. The summed E-state index contributed by atoms with van der Waals surface area (Å²) in [5, 5.41) is 0. The van der Waals surface area contributed by atoms with Crippen molar-refractivity contribution in [3.63, 3.8) is 0 Å². The van der Waals surface area contributed by atoms with Gasteiger partial charge in [0.25, 0.3) is 0 Å². The molecule has 0 amide bonds. The van der Waals surface area contributed by atoms with Crippen molar-refractivity contribution in [1.82, 2.24) is 0 Å². The molecule has 1 aromatic heterocycles. The molecule has 2 aromatic rings. The number of rotatable bonds is 6. The fraction of sp³-hybridized carbons (Fsp3) is 0.312. The lowest BCUT2D eigenvalue weighted by Gasteiger charge is -2.10. The zero-order valence-corrected chi connectivity index (χ0v) is 13.1. The highest BCUT2D eigenvalue weighted by molar-refractivity contribution is 5.95. The van der Waals surface area contributed by atoms with Gasteiger partial charge in [0, 0.05) is 19.8 Å². The average molecular weight is 342 g/mol. The van der Waals surface area contributed by atoms with E-state index in [9.17, 15) is 13.2 Å². The Morgan fingerprint density at radius 3 is 2.54 bits per heavy atom. The summed E-state index contributed by atoms with van der Waals surface area (Å²) in [7, 11) is 2.94. The zero-order chi connectivity index (χ0) is 17.7. The first-order chi connectivity index (χ1) is 11.3. The fourth-order valence-electron chi connectivity index (χ4n) is 1.98. The highest BCUT2D eigenvalue weighted by Crippen LogP contribution is 2.32. The van der Waals surface area contributed by atoms with Crippen LogP contribution in [0.15, 0.2) is 45.8 Å². The summed E-state index contributed by atoms with van der Waals surface area (Å²) in [6.07, 6.45) is -4.96. The lowest BCUT2D eigenvalue weighted by atomic mass is 10.1. The van der Waals surface area contributed by atoms with Crippen LogP contribution in [0.2, 0.25) is 0 Å². The fourth-order valence-corrected chi connectivity index (χ4v) is 1.98. The first kappa shape index (κ1) is 18.0. The zero-order valence-electron chi connectivity index (χ0n) is 13.1. The number of halogens is 3. The van der Waals surface area contributed by atoms with Gasteiger partial charge in [0.05, 0.1) is 12.1 Å². The Morgan fingerprint density at radius 1 is 1.21 bits per heavy atom. The number of methoxy groups -OCH3 is 2. The molecule has 0 saturated heterocycles. The van der Waals surface area contributed by atoms with Gasteiger partial charge in [-0.25, -0.2) is 0 Å². The number of nitrogens with two attached hydrogens (primary N) is 1. The van der Waals surface area contributed by atoms with E-state index in [-0.39, 0.29) is 23.9 Å². The van der Waals surface area contributed by atoms with Crippen LogP contribution < -0.4 is 5.73 Å². The molecule has 0 atom stereocenters. The summed E-state index contributed by atoms with van der Waals surface area (Å²) in [5.41, 5.74) is 5.36. The van der Waals surface area contributed by atoms with E-state index in [0.717, 1.165) is 12.1 Å². The van der Waals surface area contributed by atoms with Crippen molar-refractivity contribution >= 4 is 5.84 Å². The maximum atomic E-state index is 12.8. The molecule has 2 rings (SSSR count). The number of furan rings is 1. The van der Waals surface area contributed by atoms with Crippen LogP contribution in [-0.2, 0) is 15.7 Å².